The summed E-state index contributed by atoms with van der Waals surface area (Å²) < 4.78 is 0. The molecule has 0 aliphatic carbocycles. The van der Waals surface area contributed by atoms with Crippen molar-refractivity contribution in [2.24, 2.45) is 0 Å². The van der Waals surface area contributed by atoms with E-state index in [1.54, 1.807) is 17.8 Å². The molecule has 0 fully saturated rings. The van der Waals surface area contributed by atoms with Crippen LogP contribution in [-0.2, 0) is 10.5 Å². The molecule has 5 aromatic rings. The first-order valence-electron chi connectivity index (χ1n) is 11.6. The number of anilines is 2. The molecule has 1 heterocycles. The molecule has 182 valence electrons. The smallest absolute Gasteiger partial charge is 0.328 e. The maximum atomic E-state index is 10.7. The Labute approximate surface area is 223 Å². The van der Waals surface area contributed by atoms with E-state index >= 15 is 0 Å². The van der Waals surface area contributed by atoms with Crippen molar-refractivity contribution in [1.29, 1.82) is 0 Å². The van der Waals surface area contributed by atoms with Crippen molar-refractivity contribution < 1.29 is 9.90 Å². The number of carbonyl (C=O) groups is 1. The monoisotopic (exact) mass is 521 g/mol. The van der Waals surface area contributed by atoms with Crippen molar-refractivity contribution in [3.8, 4) is 21.7 Å². The summed E-state index contributed by atoms with van der Waals surface area (Å²) in [4.78, 5) is 11.9. The quantitative estimate of drug-likeness (QED) is 0.151. The first-order chi connectivity index (χ1) is 18.1. The van der Waals surface area contributed by atoms with E-state index in [0.29, 0.717) is 5.13 Å². The van der Waals surface area contributed by atoms with E-state index in [-0.39, 0.29) is 0 Å². The molecule has 0 radical (unpaired) electrons. The molecular weight excluding hydrogens is 498 g/mol. The third-order valence-electron chi connectivity index (χ3n) is 5.58. The third kappa shape index (κ3) is 6.52. The predicted octanol–water partition coefficient (Wildman–Crippen LogP) is 8.01. The van der Waals surface area contributed by atoms with Crippen LogP contribution in [0.3, 0.4) is 0 Å². The van der Waals surface area contributed by atoms with Crippen LogP contribution in [-0.4, -0.2) is 21.3 Å². The minimum absolute atomic E-state index is 0.710. The molecule has 5 rings (SSSR count). The number of hydrogen-bond donors (Lipinski definition) is 2. The van der Waals surface area contributed by atoms with E-state index in [9.17, 15) is 4.79 Å². The zero-order valence-electron chi connectivity index (χ0n) is 19.7. The molecule has 0 aliphatic heterocycles. The summed E-state index contributed by atoms with van der Waals surface area (Å²) in [6, 6.07) is 34.9. The highest BCUT2D eigenvalue weighted by Crippen LogP contribution is 2.33. The number of carboxylic acids is 1. The van der Waals surface area contributed by atoms with Crippen LogP contribution >= 0.6 is 23.1 Å². The number of hydrogen-bond acceptors (Lipinski definition) is 6. The van der Waals surface area contributed by atoms with Gasteiger partial charge in [0.05, 0.1) is 0 Å². The van der Waals surface area contributed by atoms with Gasteiger partial charge in [-0.2, -0.15) is 0 Å². The molecule has 0 unspecified atom stereocenters. The summed E-state index contributed by atoms with van der Waals surface area (Å²) in [6.45, 7) is 0. The number of aromatic nitrogens is 2. The lowest BCUT2D eigenvalue weighted by atomic mass is 10.0. The van der Waals surface area contributed by atoms with E-state index in [2.05, 4.69) is 76.2 Å². The number of thioether (sulfide) groups is 1. The lowest BCUT2D eigenvalue weighted by Crippen LogP contribution is -1.90. The Balaban J connectivity index is 1.24. The van der Waals surface area contributed by atoms with Gasteiger partial charge in [-0.1, -0.05) is 96.3 Å². The van der Waals surface area contributed by atoms with Crippen molar-refractivity contribution >= 4 is 46.0 Å². The van der Waals surface area contributed by atoms with Gasteiger partial charge in [-0.3, -0.25) is 0 Å². The Kier molecular flexibility index (Phi) is 7.74. The second-order valence-electron chi connectivity index (χ2n) is 8.17. The zero-order chi connectivity index (χ0) is 25.5. The molecule has 5 nitrogen and oxygen atoms in total. The molecule has 4 aromatic carbocycles. The molecule has 7 heteroatoms. The Morgan fingerprint density at radius 1 is 0.865 bits per heavy atom. The molecule has 2 N–H and O–H groups in total. The average Bonchev–Trinajstić information content (AvgIpc) is 3.40. The van der Waals surface area contributed by atoms with Crippen LogP contribution in [0.4, 0.5) is 10.8 Å². The van der Waals surface area contributed by atoms with Gasteiger partial charge in [-0.25, -0.2) is 4.79 Å². The highest BCUT2D eigenvalue weighted by atomic mass is 32.2. The Morgan fingerprint density at radius 2 is 1.65 bits per heavy atom. The van der Waals surface area contributed by atoms with E-state index < -0.39 is 5.97 Å². The normalized spacial score (nSPS) is 11.0. The van der Waals surface area contributed by atoms with Crippen LogP contribution in [0.15, 0.2) is 114 Å². The Bertz CT molecular complexity index is 1530. The van der Waals surface area contributed by atoms with Gasteiger partial charge in [-0.15, -0.1) is 22.0 Å². The number of carboxylic acid groups (broad SMARTS) is 1. The van der Waals surface area contributed by atoms with Crippen molar-refractivity contribution in [2.75, 3.05) is 5.32 Å². The fourth-order valence-corrected chi connectivity index (χ4v) is 5.52. The highest BCUT2D eigenvalue weighted by molar-refractivity contribution is 7.98. The zero-order valence-corrected chi connectivity index (χ0v) is 21.4. The van der Waals surface area contributed by atoms with Gasteiger partial charge in [0.25, 0.3) is 0 Å². The molecule has 0 aliphatic rings. The van der Waals surface area contributed by atoms with Gasteiger partial charge in [-0.05, 0) is 46.5 Å². The van der Waals surface area contributed by atoms with E-state index in [0.717, 1.165) is 33.7 Å². The summed E-state index contributed by atoms with van der Waals surface area (Å²) in [5.41, 5.74) is 6.49. The standard InChI is InChI=1S/C30H23N3O2S2/c34-28(35)18-15-21-13-16-23(17-14-21)29-32-33-30(37-29)31-25-10-6-11-26(19-25)36-20-24-9-4-5-12-27(24)22-7-2-1-3-8-22/h1-19H,20H2,(H,31,33)(H,34,35)/b18-15+. The largest absolute Gasteiger partial charge is 0.478 e. The molecule has 0 spiro atoms. The number of nitrogens with zero attached hydrogens (tertiary/aromatic N) is 2. The van der Waals surface area contributed by atoms with Crippen LogP contribution in [0, 0.1) is 0 Å². The van der Waals surface area contributed by atoms with Gasteiger partial charge in [0.2, 0.25) is 5.13 Å². The van der Waals surface area contributed by atoms with Gasteiger partial charge in [0.1, 0.15) is 5.01 Å². The summed E-state index contributed by atoms with van der Waals surface area (Å²) in [7, 11) is 0. The SMILES string of the molecule is O=C(O)/C=C/c1ccc(-c2nnc(Nc3cccc(SCc4ccccc4-c4ccccc4)c3)s2)cc1. The van der Waals surface area contributed by atoms with Crippen molar-refractivity contribution in [3.05, 3.63) is 120 Å². The second-order valence-corrected chi connectivity index (χ2v) is 10.2. The first kappa shape index (κ1) is 24.5. The second kappa shape index (κ2) is 11.7. The van der Waals surface area contributed by atoms with E-state index in [4.69, 9.17) is 5.11 Å². The predicted molar refractivity (Wildman–Crippen MR) is 153 cm³/mol. The molecular formula is C30H23N3O2S2. The minimum atomic E-state index is -0.969. The summed E-state index contributed by atoms with van der Waals surface area (Å²) in [6.07, 6.45) is 2.68. The van der Waals surface area contributed by atoms with Gasteiger partial charge in [0, 0.05) is 28.0 Å². The van der Waals surface area contributed by atoms with Gasteiger partial charge >= 0.3 is 5.97 Å². The summed E-state index contributed by atoms with van der Waals surface area (Å²) in [5.74, 6) is -0.0989. The van der Waals surface area contributed by atoms with Crippen molar-refractivity contribution in [1.82, 2.24) is 10.2 Å². The summed E-state index contributed by atoms with van der Waals surface area (Å²) in [5, 5.41) is 22.3. The Hall–Kier alpha value is -4.20. The number of rotatable bonds is 9. The lowest BCUT2D eigenvalue weighted by Gasteiger charge is -2.10. The minimum Gasteiger partial charge on any atom is -0.478 e. The topological polar surface area (TPSA) is 75.1 Å². The molecule has 0 amide bonds. The molecule has 0 saturated heterocycles. The van der Waals surface area contributed by atoms with E-state index in [1.165, 1.54) is 32.9 Å². The van der Waals surface area contributed by atoms with Crippen LogP contribution < -0.4 is 5.32 Å². The maximum Gasteiger partial charge on any atom is 0.328 e. The fourth-order valence-electron chi connectivity index (χ4n) is 3.79. The van der Waals surface area contributed by atoms with Crippen molar-refractivity contribution in [3.63, 3.8) is 0 Å². The third-order valence-corrected chi connectivity index (χ3v) is 7.51. The highest BCUT2D eigenvalue weighted by Gasteiger charge is 2.09. The van der Waals surface area contributed by atoms with Crippen LogP contribution in [0.5, 0.6) is 0 Å². The number of benzene rings is 4. The summed E-state index contributed by atoms with van der Waals surface area (Å²) >= 11 is 3.27. The Morgan fingerprint density at radius 3 is 2.46 bits per heavy atom. The van der Waals surface area contributed by atoms with Crippen LogP contribution in [0.25, 0.3) is 27.8 Å². The fraction of sp³-hybridized carbons (Fsp3) is 0.0333. The molecule has 0 bridgehead atoms. The molecule has 0 atom stereocenters. The first-order valence-corrected chi connectivity index (χ1v) is 13.4. The van der Waals surface area contributed by atoms with Gasteiger partial charge in [0.15, 0.2) is 0 Å². The molecule has 37 heavy (non-hydrogen) atoms. The molecule has 1 aromatic heterocycles. The van der Waals surface area contributed by atoms with Gasteiger partial charge < -0.3 is 10.4 Å². The maximum absolute atomic E-state index is 10.7. The lowest BCUT2D eigenvalue weighted by molar-refractivity contribution is -0.131. The number of aliphatic carboxylic acids is 1. The van der Waals surface area contributed by atoms with Crippen LogP contribution in [0.2, 0.25) is 0 Å². The molecule has 0 saturated carbocycles. The van der Waals surface area contributed by atoms with Crippen LogP contribution in [0.1, 0.15) is 11.1 Å². The van der Waals surface area contributed by atoms with E-state index in [1.807, 2.05) is 42.5 Å². The number of nitrogens with one attached hydrogen (secondary N) is 1. The van der Waals surface area contributed by atoms with Crippen molar-refractivity contribution in [2.45, 2.75) is 10.6 Å². The average molecular weight is 522 g/mol.